The van der Waals surface area contributed by atoms with E-state index in [4.69, 9.17) is 9.73 Å². The number of nitrogens with one attached hydrogen (secondary N) is 2. The molecule has 1 aliphatic heterocycles. The number of guanidine groups is 1. The van der Waals surface area contributed by atoms with Gasteiger partial charge in [-0.3, -0.25) is 9.89 Å². The number of hydrogen-bond donors (Lipinski definition) is 2. The quantitative estimate of drug-likeness (QED) is 0.354. The lowest BCUT2D eigenvalue weighted by atomic mass is 9.96. The Balaban J connectivity index is 0.00000261. The van der Waals surface area contributed by atoms with Crippen LogP contribution in [0.1, 0.15) is 39.2 Å². The molecule has 0 spiro atoms. The number of aliphatic imine (C=N–C) groups is 1. The van der Waals surface area contributed by atoms with Gasteiger partial charge in [-0.25, -0.2) is 0 Å². The number of ether oxygens (including phenoxy) is 1. The standard InChI is InChI=1S/C21H34N4O.HI/c1-4-22-20(23-14-17(2)25-12-13-26-15-18(25)3)24-16-21(10-11-21)19-8-6-5-7-9-19;/h5-9,17-18H,4,10-16H2,1-3H3,(H2,22,23,24);1H. The molecule has 2 aliphatic rings. The molecule has 2 fully saturated rings. The van der Waals surface area contributed by atoms with Gasteiger partial charge >= 0.3 is 0 Å². The fraction of sp³-hybridized carbons (Fsp3) is 0.667. The summed E-state index contributed by atoms with van der Waals surface area (Å²) in [6.07, 6.45) is 2.48. The lowest BCUT2D eigenvalue weighted by Crippen LogP contribution is -2.53. The summed E-state index contributed by atoms with van der Waals surface area (Å²) in [7, 11) is 0. The third-order valence-electron chi connectivity index (χ3n) is 5.67. The molecule has 0 amide bonds. The minimum Gasteiger partial charge on any atom is -0.379 e. The molecule has 0 bridgehead atoms. The van der Waals surface area contributed by atoms with Crippen LogP contribution in [0.25, 0.3) is 0 Å². The first-order valence-corrected chi connectivity index (χ1v) is 10.1. The lowest BCUT2D eigenvalue weighted by molar-refractivity contribution is -0.0174. The molecular weight excluding hydrogens is 451 g/mol. The molecule has 0 radical (unpaired) electrons. The van der Waals surface area contributed by atoms with Crippen LogP contribution in [0.15, 0.2) is 35.3 Å². The third kappa shape index (κ3) is 6.06. The van der Waals surface area contributed by atoms with Crippen LogP contribution in [0.2, 0.25) is 0 Å². The average molecular weight is 486 g/mol. The van der Waals surface area contributed by atoms with Crippen LogP contribution in [0.4, 0.5) is 0 Å². The Morgan fingerprint density at radius 3 is 2.67 bits per heavy atom. The summed E-state index contributed by atoms with van der Waals surface area (Å²) in [5.74, 6) is 0.933. The highest BCUT2D eigenvalue weighted by Gasteiger charge is 2.44. The molecule has 5 nitrogen and oxygen atoms in total. The van der Waals surface area contributed by atoms with Gasteiger partial charge in [0.1, 0.15) is 0 Å². The minimum atomic E-state index is 0. The third-order valence-corrected chi connectivity index (χ3v) is 5.67. The van der Waals surface area contributed by atoms with Crippen molar-refractivity contribution < 1.29 is 4.74 Å². The Hall–Kier alpha value is -0.860. The van der Waals surface area contributed by atoms with E-state index in [9.17, 15) is 0 Å². The van der Waals surface area contributed by atoms with Gasteiger partial charge in [0.15, 0.2) is 5.96 Å². The van der Waals surface area contributed by atoms with Gasteiger partial charge in [-0.05, 0) is 39.2 Å². The molecule has 1 aromatic carbocycles. The zero-order valence-corrected chi connectivity index (χ0v) is 19.2. The van der Waals surface area contributed by atoms with Gasteiger partial charge in [-0.2, -0.15) is 0 Å². The highest BCUT2D eigenvalue weighted by molar-refractivity contribution is 14.0. The number of rotatable bonds is 7. The predicted octanol–water partition coefficient (Wildman–Crippen LogP) is 3.00. The van der Waals surface area contributed by atoms with Gasteiger partial charge in [-0.1, -0.05) is 30.3 Å². The molecule has 1 aromatic rings. The maximum Gasteiger partial charge on any atom is 0.191 e. The lowest BCUT2D eigenvalue weighted by Gasteiger charge is -2.38. The molecule has 27 heavy (non-hydrogen) atoms. The van der Waals surface area contributed by atoms with Gasteiger partial charge in [0.2, 0.25) is 0 Å². The van der Waals surface area contributed by atoms with Crippen molar-refractivity contribution in [2.24, 2.45) is 4.99 Å². The van der Waals surface area contributed by atoms with Crippen molar-refractivity contribution in [2.75, 3.05) is 39.4 Å². The first-order valence-electron chi connectivity index (χ1n) is 10.1. The molecule has 1 heterocycles. The predicted molar refractivity (Wildman–Crippen MR) is 123 cm³/mol. The van der Waals surface area contributed by atoms with E-state index >= 15 is 0 Å². The first kappa shape index (κ1) is 22.4. The zero-order chi connectivity index (χ0) is 18.4. The van der Waals surface area contributed by atoms with Crippen LogP contribution in [0.3, 0.4) is 0 Å². The molecule has 1 aliphatic carbocycles. The summed E-state index contributed by atoms with van der Waals surface area (Å²) in [6, 6.07) is 11.8. The van der Waals surface area contributed by atoms with E-state index in [1.54, 1.807) is 0 Å². The normalized spacial score (nSPS) is 23.2. The van der Waals surface area contributed by atoms with Gasteiger partial charge in [-0.15, -0.1) is 24.0 Å². The van der Waals surface area contributed by atoms with E-state index in [1.807, 2.05) is 0 Å². The van der Waals surface area contributed by atoms with Crippen LogP contribution in [0, 0.1) is 0 Å². The summed E-state index contributed by atoms with van der Waals surface area (Å²) in [5, 5.41) is 6.95. The summed E-state index contributed by atoms with van der Waals surface area (Å²) in [4.78, 5) is 7.43. The Labute approximate surface area is 181 Å². The topological polar surface area (TPSA) is 48.9 Å². The molecule has 2 atom stereocenters. The monoisotopic (exact) mass is 486 g/mol. The SMILES string of the molecule is CCNC(=NCC1(c2ccccc2)CC1)NCC(C)N1CCOCC1C.I. The van der Waals surface area contributed by atoms with Crippen LogP contribution >= 0.6 is 24.0 Å². The molecule has 0 aromatic heterocycles. The molecule has 1 saturated heterocycles. The maximum atomic E-state index is 5.55. The number of benzene rings is 1. The molecule has 152 valence electrons. The Morgan fingerprint density at radius 2 is 2.04 bits per heavy atom. The van der Waals surface area contributed by atoms with Crippen molar-refractivity contribution >= 4 is 29.9 Å². The number of hydrogen-bond acceptors (Lipinski definition) is 3. The van der Waals surface area contributed by atoms with Crippen molar-refractivity contribution in [3.05, 3.63) is 35.9 Å². The average Bonchev–Trinajstić information content (AvgIpc) is 3.46. The fourth-order valence-electron chi connectivity index (χ4n) is 3.81. The molecule has 1 saturated carbocycles. The fourth-order valence-corrected chi connectivity index (χ4v) is 3.81. The van der Waals surface area contributed by atoms with Gasteiger partial charge in [0.05, 0.1) is 19.8 Å². The smallest absolute Gasteiger partial charge is 0.191 e. The van der Waals surface area contributed by atoms with Crippen LogP contribution in [-0.4, -0.2) is 62.3 Å². The maximum absolute atomic E-state index is 5.55. The summed E-state index contributed by atoms with van der Waals surface area (Å²) >= 11 is 0. The van der Waals surface area contributed by atoms with Crippen molar-refractivity contribution in [3.63, 3.8) is 0 Å². The van der Waals surface area contributed by atoms with Gasteiger partial charge in [0.25, 0.3) is 0 Å². The van der Waals surface area contributed by atoms with E-state index in [0.29, 0.717) is 12.1 Å². The summed E-state index contributed by atoms with van der Waals surface area (Å²) in [6.45, 7) is 12.0. The molecule has 2 unspecified atom stereocenters. The van der Waals surface area contributed by atoms with Crippen molar-refractivity contribution in [2.45, 2.75) is 51.1 Å². The van der Waals surface area contributed by atoms with E-state index in [-0.39, 0.29) is 29.4 Å². The summed E-state index contributed by atoms with van der Waals surface area (Å²) < 4.78 is 5.55. The van der Waals surface area contributed by atoms with Gasteiger partial charge in [0, 0.05) is 37.1 Å². The Bertz CT molecular complexity index is 591. The number of nitrogens with zero attached hydrogens (tertiary/aromatic N) is 2. The van der Waals surface area contributed by atoms with E-state index in [0.717, 1.165) is 45.4 Å². The highest BCUT2D eigenvalue weighted by atomic mass is 127. The molecular formula is C21H35IN4O. The second kappa shape index (κ2) is 10.6. The number of halogens is 1. The molecule has 2 N–H and O–H groups in total. The second-order valence-corrected chi connectivity index (χ2v) is 7.73. The first-order chi connectivity index (χ1) is 12.6. The van der Waals surface area contributed by atoms with Gasteiger partial charge < -0.3 is 15.4 Å². The van der Waals surface area contributed by atoms with Crippen LogP contribution in [-0.2, 0) is 10.2 Å². The largest absolute Gasteiger partial charge is 0.379 e. The minimum absolute atomic E-state index is 0. The van der Waals surface area contributed by atoms with Crippen molar-refractivity contribution in [1.82, 2.24) is 15.5 Å². The molecule has 3 rings (SSSR count). The van der Waals surface area contributed by atoms with Crippen LogP contribution in [0.5, 0.6) is 0 Å². The zero-order valence-electron chi connectivity index (χ0n) is 16.9. The highest BCUT2D eigenvalue weighted by Crippen LogP contribution is 2.48. The van der Waals surface area contributed by atoms with E-state index in [2.05, 4.69) is 66.6 Å². The van der Waals surface area contributed by atoms with Crippen molar-refractivity contribution in [3.8, 4) is 0 Å². The Kier molecular flexibility index (Phi) is 8.82. The van der Waals surface area contributed by atoms with E-state index < -0.39 is 0 Å². The molecule has 6 heteroatoms. The second-order valence-electron chi connectivity index (χ2n) is 7.73. The van der Waals surface area contributed by atoms with Crippen LogP contribution < -0.4 is 10.6 Å². The van der Waals surface area contributed by atoms with E-state index in [1.165, 1.54) is 18.4 Å². The summed E-state index contributed by atoms with van der Waals surface area (Å²) in [5.41, 5.74) is 1.68. The van der Waals surface area contributed by atoms with Crippen molar-refractivity contribution in [1.29, 1.82) is 0 Å². The number of morpholine rings is 1. The Morgan fingerprint density at radius 1 is 1.30 bits per heavy atom.